The number of aliphatic carboxylic acids is 2. The number of rotatable bonds is 11. The summed E-state index contributed by atoms with van der Waals surface area (Å²) in [6.07, 6.45) is 1.76. The van der Waals surface area contributed by atoms with E-state index in [1.54, 1.807) is 0 Å². The molecule has 50 heavy (non-hydrogen) atoms. The Morgan fingerprint density at radius 3 is 1.26 bits per heavy atom. The van der Waals surface area contributed by atoms with Crippen molar-refractivity contribution in [2.45, 2.75) is 25.7 Å². The number of Topliss-reactive ketones (excluding diaryl/α,β-unsaturated/α-hetero) is 2. The Morgan fingerprint density at radius 1 is 0.640 bits per heavy atom. The first-order chi connectivity index (χ1) is 22.7. The average molecular weight is 826 g/mol. The third-order valence-corrected chi connectivity index (χ3v) is 5.26. The van der Waals surface area contributed by atoms with E-state index in [2.05, 4.69) is 4.74 Å². The third-order valence-electron chi connectivity index (χ3n) is 5.26. The quantitative estimate of drug-likeness (QED) is 0.0613. The Labute approximate surface area is 329 Å². The molecule has 0 aliphatic rings. The molecule has 3 rings (SSSR count). The van der Waals surface area contributed by atoms with Gasteiger partial charge in [0.1, 0.15) is 17.2 Å². The Morgan fingerprint density at radius 2 is 0.960 bits per heavy atom. The monoisotopic (exact) mass is 822 g/mol. The summed E-state index contributed by atoms with van der Waals surface area (Å²) in [6, 6.07) is 17.2. The van der Waals surface area contributed by atoms with E-state index in [-0.39, 0.29) is 92.8 Å². The molecule has 0 saturated carbocycles. The Hall–Kier alpha value is -3.56. The van der Waals surface area contributed by atoms with Gasteiger partial charge >= 0.3 is 75.5 Å². The maximum Gasteiger partial charge on any atom is 2.00 e. The number of carboxylic acids is 2. The molecule has 0 bridgehead atoms. The van der Waals surface area contributed by atoms with Crippen LogP contribution in [0.5, 0.6) is 17.2 Å². The van der Waals surface area contributed by atoms with Crippen molar-refractivity contribution in [3.8, 4) is 17.2 Å². The van der Waals surface area contributed by atoms with Crippen molar-refractivity contribution < 1.29 is 82.1 Å². The number of hydrogen-bond donors (Lipinski definition) is 6. The average Bonchev–Trinajstić information content (AvgIpc) is 3.07. The molecule has 268 valence electrons. The van der Waals surface area contributed by atoms with Gasteiger partial charge in [-0.15, -0.1) is 12.4 Å². The van der Waals surface area contributed by atoms with Crippen LogP contribution in [-0.4, -0.2) is 103 Å². The first-order valence-electron chi connectivity index (χ1n) is 13.5. The van der Waals surface area contributed by atoms with Crippen LogP contribution in [0.2, 0.25) is 0 Å². The Balaban J connectivity index is -0.000000138. The van der Waals surface area contributed by atoms with Crippen LogP contribution >= 0.6 is 31.8 Å². The number of carbonyl (C=O) groups excluding carboxylic acids is 4. The molecule has 0 aliphatic heterocycles. The van der Waals surface area contributed by atoms with Crippen LogP contribution in [0.3, 0.4) is 0 Å². The summed E-state index contributed by atoms with van der Waals surface area (Å²) in [5.74, 6) is -3.08. The zero-order valence-electron chi connectivity index (χ0n) is 29.0. The van der Waals surface area contributed by atoms with Gasteiger partial charge in [0.2, 0.25) is 0 Å². The van der Waals surface area contributed by atoms with Gasteiger partial charge in [-0.2, -0.15) is 0 Å². The van der Waals surface area contributed by atoms with Crippen molar-refractivity contribution in [1.29, 1.82) is 0 Å². The summed E-state index contributed by atoms with van der Waals surface area (Å²) >= 11 is -0.931. The minimum atomic E-state index is -1.17. The summed E-state index contributed by atoms with van der Waals surface area (Å²) in [5.41, 5.74) is 1.24. The second-order valence-corrected chi connectivity index (χ2v) is 13.2. The molecule has 13 nitrogen and oxygen atoms in total. The SMILES string of the molecule is CO.COC(=O)CCC(=O)c1ccc(O)cc1.Cl.O=C(O)/C=C/C(=O)c1ccc(O)cc1.O=C(O)CCC(=O)c1ccc(O)cc1.[Cl][Zn][Cl].[H-].[H-].[Mg+2]. The van der Waals surface area contributed by atoms with Gasteiger partial charge in [0, 0.05) is 42.7 Å². The topological polar surface area (TPSA) is 233 Å². The molecular formula is C32H37Cl3MgO13Zn. The molecule has 0 aromatic heterocycles. The molecule has 0 heterocycles. The molecule has 18 heteroatoms. The van der Waals surface area contributed by atoms with Gasteiger partial charge in [0.05, 0.1) is 20.0 Å². The number of phenols is 3. The van der Waals surface area contributed by atoms with Gasteiger partial charge in [-0.25, -0.2) is 4.79 Å². The van der Waals surface area contributed by atoms with Crippen LogP contribution in [0.1, 0.15) is 59.6 Å². The molecule has 0 unspecified atom stereocenters. The minimum Gasteiger partial charge on any atom is -1.00 e. The van der Waals surface area contributed by atoms with Crippen LogP contribution in [0.15, 0.2) is 84.9 Å². The van der Waals surface area contributed by atoms with E-state index in [4.69, 9.17) is 50.0 Å². The normalized spacial score (nSPS) is 8.82. The largest absolute Gasteiger partial charge is 2.00 e. The molecule has 0 saturated heterocycles. The zero-order valence-corrected chi connectivity index (χ0v) is 33.7. The second-order valence-electron chi connectivity index (χ2n) is 8.59. The zero-order chi connectivity index (χ0) is 37.1. The third kappa shape index (κ3) is 27.3. The smallest absolute Gasteiger partial charge is 1.00 e. The number of aliphatic hydroxyl groups excluding tert-OH is 1. The van der Waals surface area contributed by atoms with Crippen LogP contribution < -0.4 is 0 Å². The summed E-state index contributed by atoms with van der Waals surface area (Å²) in [5, 5.41) is 50.5. The van der Waals surface area contributed by atoms with Crippen molar-refractivity contribution in [3.63, 3.8) is 0 Å². The summed E-state index contributed by atoms with van der Waals surface area (Å²) in [7, 11) is 12.2. The number of aliphatic hydroxyl groups is 1. The molecule has 0 aliphatic carbocycles. The summed E-state index contributed by atoms with van der Waals surface area (Å²) < 4.78 is 4.42. The number of halogens is 3. The summed E-state index contributed by atoms with van der Waals surface area (Å²) in [6.45, 7) is 0. The van der Waals surface area contributed by atoms with E-state index in [0.717, 1.165) is 19.3 Å². The fourth-order valence-electron chi connectivity index (χ4n) is 2.99. The maximum atomic E-state index is 11.5. The van der Waals surface area contributed by atoms with Gasteiger partial charge in [-0.05, 0) is 78.9 Å². The Kier molecular flexibility index (Phi) is 34.7. The molecular weight excluding hydrogens is 788 g/mol. The van der Waals surface area contributed by atoms with E-state index < -0.39 is 38.8 Å². The minimum absolute atomic E-state index is 0. The second kappa shape index (κ2) is 32.6. The number of allylic oxidation sites excluding steroid dienone is 1. The molecule has 0 amide bonds. The first kappa shape index (κ1) is 53.2. The van der Waals surface area contributed by atoms with Gasteiger partial charge in [0.15, 0.2) is 17.3 Å². The first-order valence-corrected chi connectivity index (χ1v) is 21.3. The van der Waals surface area contributed by atoms with E-state index >= 15 is 0 Å². The number of aromatic hydroxyl groups is 3. The fraction of sp³-hybridized carbons (Fsp3) is 0.188. The molecule has 0 radical (unpaired) electrons. The van der Waals surface area contributed by atoms with Crippen molar-refractivity contribution in [3.05, 3.63) is 102 Å². The number of benzene rings is 3. The van der Waals surface area contributed by atoms with Crippen LogP contribution in [0, 0.1) is 0 Å². The van der Waals surface area contributed by atoms with Gasteiger partial charge in [-0.3, -0.25) is 24.0 Å². The van der Waals surface area contributed by atoms with E-state index in [1.807, 2.05) is 0 Å². The number of esters is 1. The number of phenolic OH excluding ortho intramolecular Hbond substituents is 3. The molecule has 3 aromatic rings. The molecule has 3 aromatic carbocycles. The maximum absolute atomic E-state index is 11.5. The Bertz CT molecular complexity index is 1480. The van der Waals surface area contributed by atoms with Crippen LogP contribution in [0.25, 0.3) is 0 Å². The number of hydrogen-bond acceptors (Lipinski definition) is 11. The number of carbonyl (C=O) groups is 6. The number of carboxylic acid groups (broad SMARTS) is 2. The predicted molar refractivity (Wildman–Crippen MR) is 187 cm³/mol. The van der Waals surface area contributed by atoms with Gasteiger partial charge < -0.3 is 38.2 Å². The van der Waals surface area contributed by atoms with Crippen molar-refractivity contribution in [1.82, 2.24) is 0 Å². The van der Waals surface area contributed by atoms with E-state index in [1.165, 1.54) is 79.9 Å². The van der Waals surface area contributed by atoms with Gasteiger partial charge in [-0.1, -0.05) is 0 Å². The van der Waals surface area contributed by atoms with E-state index in [9.17, 15) is 28.8 Å². The van der Waals surface area contributed by atoms with Crippen molar-refractivity contribution >= 4 is 90.1 Å². The van der Waals surface area contributed by atoms with Crippen molar-refractivity contribution in [2.24, 2.45) is 0 Å². The number of methoxy groups -OCH3 is 1. The van der Waals surface area contributed by atoms with E-state index in [0.29, 0.717) is 16.7 Å². The molecule has 0 fully saturated rings. The van der Waals surface area contributed by atoms with Crippen LogP contribution in [-0.2, 0) is 34.3 Å². The molecule has 6 N–H and O–H groups in total. The number of ketones is 3. The molecule has 0 spiro atoms. The standard InChI is InChI=1S/C11H12O4.C10H10O4.C10H8O4.CH4O.3ClH.Mg.Zn.2H/c1-15-11(14)7-6-10(13)8-2-4-9(12)5-3-8;2*11-8-3-1-7(2-4-8)9(12)5-6-10(13)14;1-2;;;;;;;/h2-5,12H,6-7H2,1H3;1-4,11H,5-6H2,(H,13,14);1-6,11H,(H,13,14);2H,1H3;3*1H;;;;/q;;;;;;;2*+2;2*-1/p-2/b;;6-5+;;;;;;;;. The van der Waals surface area contributed by atoms with Gasteiger partial charge in [0.25, 0.3) is 0 Å². The van der Waals surface area contributed by atoms with Crippen LogP contribution in [0.4, 0.5) is 0 Å². The summed E-state index contributed by atoms with van der Waals surface area (Å²) in [4.78, 5) is 65.1. The van der Waals surface area contributed by atoms with Crippen molar-refractivity contribution in [2.75, 3.05) is 14.2 Å². The number of ether oxygens (including phenoxy) is 1. The predicted octanol–water partition coefficient (Wildman–Crippen LogP) is 5.43. The fourth-order valence-corrected chi connectivity index (χ4v) is 2.99. The molecule has 0 atom stereocenters.